The van der Waals surface area contributed by atoms with Crippen LogP contribution in [0, 0.1) is 6.92 Å². The number of aliphatic hydroxyl groups is 1. The van der Waals surface area contributed by atoms with Crippen molar-refractivity contribution < 1.29 is 28.8 Å². The molecule has 1 heterocycles. The lowest BCUT2D eigenvalue weighted by molar-refractivity contribution is -0.195. The minimum atomic E-state index is -1.78. The molecule has 220 valence electrons. The Kier molecular flexibility index (Phi) is 12.0. The number of nitrogens with one attached hydrogen (secondary N) is 1. The van der Waals surface area contributed by atoms with Crippen molar-refractivity contribution in [1.82, 2.24) is 5.32 Å². The fourth-order valence-corrected chi connectivity index (χ4v) is 5.51. The van der Waals surface area contributed by atoms with Crippen LogP contribution in [0.25, 0.3) is 0 Å². The van der Waals surface area contributed by atoms with E-state index in [1.54, 1.807) is 0 Å². The first-order valence-corrected chi connectivity index (χ1v) is 15.0. The molecule has 5 atom stereocenters. The molecule has 0 saturated carbocycles. The van der Waals surface area contributed by atoms with Crippen molar-refractivity contribution in [2.75, 3.05) is 13.2 Å². The van der Waals surface area contributed by atoms with Crippen LogP contribution >= 0.6 is 46.6 Å². The van der Waals surface area contributed by atoms with Crippen molar-refractivity contribution >= 4 is 52.7 Å². The van der Waals surface area contributed by atoms with Crippen molar-refractivity contribution in [3.05, 3.63) is 102 Å². The number of amides is 1. The predicted octanol–water partition coefficient (Wildman–Crippen LogP) is 6.44. The molecule has 0 unspecified atom stereocenters. The number of carbonyl (C=O) groups is 1. The maximum Gasteiger partial charge on any atom is 0.407 e. The van der Waals surface area contributed by atoms with Gasteiger partial charge < -0.3 is 29.4 Å². The van der Waals surface area contributed by atoms with Gasteiger partial charge in [-0.25, -0.2) is 4.79 Å². The molecular weight excluding hydrogens is 609 g/mol. The molecule has 11 heteroatoms. The molecule has 4 rings (SSSR count). The standard InChI is InChI=1S/C30H32Cl3NO6S/c1-20-12-14-23(15-13-20)41-28-25(34-29(36)39-19-30(31,32)33)27(38-17-22-10-6-3-7-11-22)26(35)24(40-28)18-37-16-21-8-4-2-5-9-21/h2-15,24-28,35H,16-19H2,1H3,(H,34,36)/t24-,25-,26-,27-,28+/m1/s1. The average molecular weight is 641 g/mol. The highest BCUT2D eigenvalue weighted by Gasteiger charge is 2.47. The van der Waals surface area contributed by atoms with Crippen molar-refractivity contribution in [3.63, 3.8) is 0 Å². The monoisotopic (exact) mass is 639 g/mol. The van der Waals surface area contributed by atoms with E-state index >= 15 is 0 Å². The molecule has 7 nitrogen and oxygen atoms in total. The summed E-state index contributed by atoms with van der Waals surface area (Å²) < 4.78 is 21.9. The fraction of sp³-hybridized carbons (Fsp3) is 0.367. The summed E-state index contributed by atoms with van der Waals surface area (Å²) in [6, 6.07) is 26.4. The summed E-state index contributed by atoms with van der Waals surface area (Å²) in [5.41, 5.74) is 2.34. The van der Waals surface area contributed by atoms with E-state index in [1.807, 2.05) is 91.9 Å². The Morgan fingerprint density at radius 2 is 1.56 bits per heavy atom. The highest BCUT2D eigenvalue weighted by Crippen LogP contribution is 2.35. The molecule has 1 saturated heterocycles. The van der Waals surface area contributed by atoms with E-state index in [0.717, 1.165) is 21.6 Å². The van der Waals surface area contributed by atoms with Crippen LogP contribution < -0.4 is 5.32 Å². The quantitative estimate of drug-likeness (QED) is 0.233. The Morgan fingerprint density at radius 3 is 2.17 bits per heavy atom. The lowest BCUT2D eigenvalue weighted by atomic mass is 9.97. The largest absolute Gasteiger partial charge is 0.445 e. The molecule has 1 amide bonds. The summed E-state index contributed by atoms with van der Waals surface area (Å²) in [6.07, 6.45) is -3.59. The van der Waals surface area contributed by atoms with Crippen LogP contribution in [0.5, 0.6) is 0 Å². The molecule has 3 aromatic carbocycles. The van der Waals surface area contributed by atoms with Gasteiger partial charge in [0, 0.05) is 4.90 Å². The number of halogens is 3. The number of ether oxygens (including phenoxy) is 4. The number of carbonyl (C=O) groups excluding carboxylic acids is 1. The number of aliphatic hydroxyl groups excluding tert-OH is 1. The molecule has 0 aromatic heterocycles. The van der Waals surface area contributed by atoms with E-state index < -0.39 is 46.3 Å². The van der Waals surface area contributed by atoms with Crippen LogP contribution in [0.2, 0.25) is 0 Å². The number of benzene rings is 3. The third-order valence-electron chi connectivity index (χ3n) is 6.28. The van der Waals surface area contributed by atoms with E-state index in [-0.39, 0.29) is 13.2 Å². The van der Waals surface area contributed by atoms with Gasteiger partial charge in [-0.05, 0) is 30.2 Å². The number of aryl methyl sites for hydroxylation is 1. The summed E-state index contributed by atoms with van der Waals surface area (Å²) in [5, 5.41) is 14.3. The summed E-state index contributed by atoms with van der Waals surface area (Å²) in [5.74, 6) is 0. The van der Waals surface area contributed by atoms with Gasteiger partial charge in [0.2, 0.25) is 3.79 Å². The normalized spacial score (nSPS) is 22.7. The molecular formula is C30H32Cl3NO6S. The topological polar surface area (TPSA) is 86.3 Å². The first kappa shape index (κ1) is 31.9. The molecule has 1 aliphatic rings. The third kappa shape index (κ3) is 10.3. The van der Waals surface area contributed by atoms with Gasteiger partial charge >= 0.3 is 6.09 Å². The average Bonchev–Trinajstić information content (AvgIpc) is 2.96. The smallest absolute Gasteiger partial charge is 0.407 e. The van der Waals surface area contributed by atoms with Crippen LogP contribution in [0.1, 0.15) is 16.7 Å². The number of alkyl carbamates (subject to hydrolysis) is 1. The number of alkyl halides is 3. The van der Waals surface area contributed by atoms with Gasteiger partial charge in [0.25, 0.3) is 0 Å². The molecule has 1 aliphatic heterocycles. The van der Waals surface area contributed by atoms with Crippen LogP contribution in [0.15, 0.2) is 89.8 Å². The zero-order valence-corrected chi connectivity index (χ0v) is 25.4. The van der Waals surface area contributed by atoms with Crippen molar-refractivity contribution in [1.29, 1.82) is 0 Å². The highest BCUT2D eigenvalue weighted by atomic mass is 35.6. The van der Waals surface area contributed by atoms with Crippen LogP contribution in [-0.4, -0.2) is 58.0 Å². The lowest BCUT2D eigenvalue weighted by Crippen LogP contribution is -2.64. The van der Waals surface area contributed by atoms with Gasteiger partial charge in [-0.1, -0.05) is 125 Å². The molecule has 0 bridgehead atoms. The van der Waals surface area contributed by atoms with Crippen LogP contribution in [0.4, 0.5) is 4.79 Å². The van der Waals surface area contributed by atoms with E-state index in [4.69, 9.17) is 53.8 Å². The molecule has 0 spiro atoms. The predicted molar refractivity (Wildman–Crippen MR) is 161 cm³/mol. The van der Waals surface area contributed by atoms with Crippen molar-refractivity contribution in [3.8, 4) is 0 Å². The number of hydrogen-bond donors (Lipinski definition) is 2. The first-order chi connectivity index (χ1) is 19.7. The number of rotatable bonds is 11. The van der Waals surface area contributed by atoms with Gasteiger partial charge in [-0.3, -0.25) is 0 Å². The van der Waals surface area contributed by atoms with Crippen LogP contribution in [0.3, 0.4) is 0 Å². The second-order valence-corrected chi connectivity index (χ2v) is 13.3. The summed E-state index contributed by atoms with van der Waals surface area (Å²) in [6.45, 7) is 2.20. The van der Waals surface area contributed by atoms with Gasteiger partial charge in [0.15, 0.2) is 0 Å². The Balaban J connectivity index is 1.56. The SMILES string of the molecule is Cc1ccc(S[C@@H]2O[C@H](COCc3ccccc3)[C@@H](O)[C@H](OCc3ccccc3)[C@H]2NC(=O)OCC(Cl)(Cl)Cl)cc1. The zero-order valence-electron chi connectivity index (χ0n) is 22.3. The van der Waals surface area contributed by atoms with Crippen molar-refractivity contribution in [2.24, 2.45) is 0 Å². The fourth-order valence-electron chi connectivity index (χ4n) is 4.22. The lowest BCUT2D eigenvalue weighted by Gasteiger charge is -2.44. The zero-order chi connectivity index (χ0) is 29.2. The van der Waals surface area contributed by atoms with E-state index in [2.05, 4.69) is 5.32 Å². The molecule has 1 fully saturated rings. The summed E-state index contributed by atoms with van der Waals surface area (Å²) in [4.78, 5) is 13.7. The van der Waals surface area contributed by atoms with Gasteiger partial charge in [-0.15, -0.1) is 0 Å². The van der Waals surface area contributed by atoms with E-state index in [0.29, 0.717) is 6.61 Å². The minimum absolute atomic E-state index is 0.108. The van der Waals surface area contributed by atoms with Gasteiger partial charge in [-0.2, -0.15) is 0 Å². The summed E-state index contributed by atoms with van der Waals surface area (Å²) in [7, 11) is 0. The van der Waals surface area contributed by atoms with Gasteiger partial charge in [0.1, 0.15) is 30.4 Å². The summed E-state index contributed by atoms with van der Waals surface area (Å²) >= 11 is 18.7. The van der Waals surface area contributed by atoms with E-state index in [9.17, 15) is 9.90 Å². The minimum Gasteiger partial charge on any atom is -0.445 e. The Labute approximate surface area is 259 Å². The Bertz CT molecular complexity index is 1220. The molecule has 2 N–H and O–H groups in total. The van der Waals surface area contributed by atoms with Gasteiger partial charge in [0.05, 0.1) is 25.9 Å². The highest BCUT2D eigenvalue weighted by molar-refractivity contribution is 7.99. The molecule has 3 aromatic rings. The first-order valence-electron chi connectivity index (χ1n) is 13.0. The van der Waals surface area contributed by atoms with Crippen molar-refractivity contribution in [2.45, 2.75) is 58.6 Å². The second kappa shape index (κ2) is 15.5. The second-order valence-electron chi connectivity index (χ2n) is 9.59. The maximum atomic E-state index is 12.8. The Morgan fingerprint density at radius 1 is 0.951 bits per heavy atom. The molecule has 41 heavy (non-hydrogen) atoms. The molecule has 0 radical (unpaired) electrons. The third-order valence-corrected chi connectivity index (χ3v) is 7.79. The number of thioether (sulfide) groups is 1. The maximum absolute atomic E-state index is 12.8. The Hall–Kier alpha value is -2.01. The van der Waals surface area contributed by atoms with Crippen LogP contribution in [-0.2, 0) is 32.2 Å². The number of hydrogen-bond acceptors (Lipinski definition) is 7. The molecule has 0 aliphatic carbocycles. The van der Waals surface area contributed by atoms with E-state index in [1.165, 1.54) is 11.8 Å².